The summed E-state index contributed by atoms with van der Waals surface area (Å²) in [6, 6.07) is 1.34. The van der Waals surface area contributed by atoms with Crippen LogP contribution in [-0.4, -0.2) is 30.3 Å². The van der Waals surface area contributed by atoms with E-state index in [1.807, 2.05) is 0 Å². The predicted molar refractivity (Wildman–Crippen MR) is 115 cm³/mol. The first-order valence-electron chi connectivity index (χ1n) is 11.4. The molecule has 0 saturated heterocycles. The number of aromatic nitrogens is 5. The number of hydrogen-bond acceptors (Lipinski definition) is 5. The average Bonchev–Trinajstić information content (AvgIpc) is 3.55. The second-order valence-electron chi connectivity index (χ2n) is 9.65. The average molecular weight is 437 g/mol. The van der Waals surface area contributed by atoms with Crippen LogP contribution < -0.4 is 0 Å². The van der Waals surface area contributed by atoms with Crippen LogP contribution in [0.2, 0.25) is 0 Å². The van der Waals surface area contributed by atoms with Gasteiger partial charge in [-0.1, -0.05) is 6.58 Å². The zero-order valence-corrected chi connectivity index (χ0v) is 17.7. The van der Waals surface area contributed by atoms with E-state index in [0.29, 0.717) is 52.2 Å². The van der Waals surface area contributed by atoms with Gasteiger partial charge in [0.1, 0.15) is 11.5 Å². The lowest BCUT2D eigenvalue weighted by Gasteiger charge is -2.48. The topological polar surface area (TPSA) is 87.6 Å². The summed E-state index contributed by atoms with van der Waals surface area (Å²) in [5.41, 5.74) is 1.61. The Morgan fingerprint density at radius 2 is 1.84 bits per heavy atom. The van der Waals surface area contributed by atoms with Gasteiger partial charge in [0.15, 0.2) is 17.3 Å². The third kappa shape index (κ3) is 3.19. The van der Waals surface area contributed by atoms with Crippen LogP contribution in [0.4, 0.5) is 8.78 Å². The highest BCUT2D eigenvalue weighted by Crippen LogP contribution is 2.52. The van der Waals surface area contributed by atoms with Crippen LogP contribution in [0, 0.1) is 35.3 Å². The molecule has 32 heavy (non-hydrogen) atoms. The first kappa shape index (κ1) is 19.8. The largest absolute Gasteiger partial charge is 0.513 e. The molecule has 3 aromatic rings. The van der Waals surface area contributed by atoms with Gasteiger partial charge in [0.2, 0.25) is 0 Å². The van der Waals surface area contributed by atoms with Crippen molar-refractivity contribution in [3.63, 3.8) is 0 Å². The lowest BCUT2D eigenvalue weighted by Crippen LogP contribution is -2.42. The SMILES string of the molecule is C=C(O)[C@H]1C2CCC(CC2)[C@@H]1Cc1nc(-c2[nH]nc3ncc(F)cc23)nc(C2CC2)c1F. The highest BCUT2D eigenvalue weighted by molar-refractivity contribution is 5.88. The normalized spacial score (nSPS) is 27.2. The number of nitrogens with zero attached hydrogens (tertiary/aromatic N) is 4. The summed E-state index contributed by atoms with van der Waals surface area (Å²) < 4.78 is 29.4. The number of pyridine rings is 1. The van der Waals surface area contributed by atoms with Crippen molar-refractivity contribution in [3.05, 3.63) is 47.6 Å². The van der Waals surface area contributed by atoms with Crippen molar-refractivity contribution in [2.45, 2.75) is 50.9 Å². The molecule has 0 aromatic carbocycles. The Labute approximate surface area is 184 Å². The van der Waals surface area contributed by atoms with Crippen LogP contribution >= 0.6 is 0 Å². The molecule has 4 saturated carbocycles. The molecule has 4 aliphatic carbocycles. The number of aliphatic hydroxyl groups is 1. The third-order valence-corrected chi connectivity index (χ3v) is 7.71. The van der Waals surface area contributed by atoms with Gasteiger partial charge >= 0.3 is 0 Å². The molecule has 3 aromatic heterocycles. The molecule has 7 rings (SSSR count). The summed E-state index contributed by atoms with van der Waals surface area (Å²) in [4.78, 5) is 13.2. The van der Waals surface area contributed by atoms with E-state index in [2.05, 4.69) is 31.7 Å². The molecule has 0 aliphatic heterocycles. The fourth-order valence-electron chi connectivity index (χ4n) is 6.04. The predicted octanol–water partition coefficient (Wildman–Crippen LogP) is 5.24. The van der Waals surface area contributed by atoms with Crippen molar-refractivity contribution in [2.24, 2.45) is 23.7 Å². The monoisotopic (exact) mass is 437 g/mol. The fraction of sp³-hybridized carbons (Fsp3) is 0.500. The van der Waals surface area contributed by atoms with Gasteiger partial charge in [-0.15, -0.1) is 0 Å². The van der Waals surface area contributed by atoms with Crippen molar-refractivity contribution in [1.82, 2.24) is 25.1 Å². The van der Waals surface area contributed by atoms with Gasteiger partial charge in [0, 0.05) is 11.8 Å². The molecule has 8 heteroatoms. The van der Waals surface area contributed by atoms with Gasteiger partial charge in [0.25, 0.3) is 0 Å². The Hall–Kier alpha value is -2.90. The molecule has 0 radical (unpaired) electrons. The van der Waals surface area contributed by atoms with Crippen LogP contribution in [0.25, 0.3) is 22.6 Å². The van der Waals surface area contributed by atoms with Gasteiger partial charge in [-0.25, -0.2) is 23.7 Å². The molecule has 3 heterocycles. The summed E-state index contributed by atoms with van der Waals surface area (Å²) in [5, 5.41) is 17.8. The Kier molecular flexibility index (Phi) is 4.52. The van der Waals surface area contributed by atoms with E-state index >= 15 is 4.39 Å². The maximum Gasteiger partial charge on any atom is 0.181 e. The maximum atomic E-state index is 15.6. The van der Waals surface area contributed by atoms with Gasteiger partial charge in [-0.05, 0) is 68.8 Å². The minimum absolute atomic E-state index is 0.0176. The highest BCUT2D eigenvalue weighted by Gasteiger charge is 2.45. The zero-order valence-electron chi connectivity index (χ0n) is 17.7. The van der Waals surface area contributed by atoms with Gasteiger partial charge in [-0.3, -0.25) is 5.10 Å². The number of halogens is 2. The standard InChI is InChI=1S/C24H25F2N5O/c1-11(32)19-13-4-2-12(3-5-13)16(19)9-18-20(26)21(14-6-7-14)29-24(28-18)22-17-8-15(25)10-27-23(17)31-30-22/h8,10,12-14,16,19,32H,1-7,9H2,(H,27,30,31)/t12?,13?,16-,19-/m0/s1. The molecule has 0 amide bonds. The summed E-state index contributed by atoms with van der Waals surface area (Å²) in [5.74, 6) is 0.730. The molecule has 4 fully saturated rings. The summed E-state index contributed by atoms with van der Waals surface area (Å²) >= 11 is 0. The second kappa shape index (κ2) is 7.32. The van der Waals surface area contributed by atoms with E-state index in [9.17, 15) is 9.50 Å². The third-order valence-electron chi connectivity index (χ3n) is 7.71. The summed E-state index contributed by atoms with van der Waals surface area (Å²) in [7, 11) is 0. The van der Waals surface area contributed by atoms with Crippen molar-refractivity contribution in [1.29, 1.82) is 0 Å². The number of fused-ring (bicyclic) bond motifs is 4. The number of nitrogens with one attached hydrogen (secondary N) is 1. The van der Waals surface area contributed by atoms with Crippen molar-refractivity contribution in [2.75, 3.05) is 0 Å². The quantitative estimate of drug-likeness (QED) is 0.533. The highest BCUT2D eigenvalue weighted by atomic mass is 19.1. The number of aliphatic hydroxyl groups excluding tert-OH is 1. The summed E-state index contributed by atoms with van der Waals surface area (Å²) in [6.07, 6.45) is 7.73. The second-order valence-corrected chi connectivity index (χ2v) is 9.65. The molecule has 2 bridgehead atoms. The van der Waals surface area contributed by atoms with E-state index in [4.69, 9.17) is 0 Å². The zero-order chi connectivity index (χ0) is 22.0. The first-order valence-corrected chi connectivity index (χ1v) is 11.4. The molecule has 166 valence electrons. The van der Waals surface area contributed by atoms with E-state index in [1.54, 1.807) is 0 Å². The Morgan fingerprint density at radius 3 is 2.56 bits per heavy atom. The summed E-state index contributed by atoms with van der Waals surface area (Å²) in [6.45, 7) is 3.84. The lowest BCUT2D eigenvalue weighted by atomic mass is 9.57. The van der Waals surface area contributed by atoms with Crippen molar-refractivity contribution >= 4 is 11.0 Å². The van der Waals surface area contributed by atoms with Crippen LogP contribution in [-0.2, 0) is 6.42 Å². The Bertz CT molecular complexity index is 1210. The molecule has 2 N–H and O–H groups in total. The number of H-pyrrole nitrogens is 1. The molecule has 2 atom stereocenters. The Balaban J connectivity index is 1.44. The van der Waals surface area contributed by atoms with Gasteiger partial charge in [-0.2, -0.15) is 5.10 Å². The molecule has 0 unspecified atom stereocenters. The molecule has 0 spiro atoms. The molecular formula is C24H25F2N5O. The van der Waals surface area contributed by atoms with Gasteiger partial charge in [0.05, 0.1) is 28.7 Å². The van der Waals surface area contributed by atoms with Gasteiger partial charge < -0.3 is 5.11 Å². The minimum Gasteiger partial charge on any atom is -0.513 e. The van der Waals surface area contributed by atoms with E-state index in [1.165, 1.54) is 6.07 Å². The Morgan fingerprint density at radius 1 is 1.09 bits per heavy atom. The van der Waals surface area contributed by atoms with E-state index in [0.717, 1.165) is 44.7 Å². The van der Waals surface area contributed by atoms with Crippen LogP contribution in [0.3, 0.4) is 0 Å². The molecular weight excluding hydrogens is 412 g/mol. The minimum atomic E-state index is -0.479. The van der Waals surface area contributed by atoms with Crippen molar-refractivity contribution in [3.8, 4) is 11.5 Å². The number of aromatic amines is 1. The number of allylic oxidation sites excluding steroid dienone is 1. The van der Waals surface area contributed by atoms with Crippen molar-refractivity contribution < 1.29 is 13.9 Å². The smallest absolute Gasteiger partial charge is 0.181 e. The number of rotatable bonds is 5. The number of hydrogen-bond donors (Lipinski definition) is 2. The molecule has 4 aliphatic rings. The van der Waals surface area contributed by atoms with Crippen LogP contribution in [0.1, 0.15) is 55.8 Å². The molecule has 6 nitrogen and oxygen atoms in total. The van der Waals surface area contributed by atoms with Crippen LogP contribution in [0.15, 0.2) is 24.6 Å². The van der Waals surface area contributed by atoms with E-state index < -0.39 is 5.82 Å². The first-order chi connectivity index (χ1) is 15.5. The van der Waals surface area contributed by atoms with Crippen LogP contribution in [0.5, 0.6) is 0 Å². The lowest BCUT2D eigenvalue weighted by molar-refractivity contribution is 0.0213. The maximum absolute atomic E-state index is 15.6. The fourth-order valence-corrected chi connectivity index (χ4v) is 6.04. The van der Waals surface area contributed by atoms with E-state index in [-0.39, 0.29) is 29.3 Å².